The number of anilines is 2. The molecule has 5 rings (SSSR count). The van der Waals surface area contributed by atoms with E-state index in [1.54, 1.807) is 36.1 Å². The number of carbonyl (C=O) groups excluding carboxylic acids is 3. The maximum Gasteiger partial charge on any atom is 0.339 e. The molecule has 1 unspecified atom stereocenters. The summed E-state index contributed by atoms with van der Waals surface area (Å²) in [6.07, 6.45) is 1.30. The summed E-state index contributed by atoms with van der Waals surface area (Å²) in [7, 11) is 0. The molecule has 7 nitrogen and oxygen atoms in total. The minimum atomic E-state index is -1.77. The highest BCUT2D eigenvalue weighted by molar-refractivity contribution is 6.32. The number of benzene rings is 2. The molecule has 2 aromatic rings. The van der Waals surface area contributed by atoms with Crippen LogP contribution in [0, 0.1) is 6.92 Å². The minimum Gasteiger partial charge on any atom is -0.462 e. The maximum atomic E-state index is 13.8. The molecule has 0 fully saturated rings. The van der Waals surface area contributed by atoms with E-state index in [-0.39, 0.29) is 35.8 Å². The Morgan fingerprint density at radius 3 is 2.66 bits per heavy atom. The highest BCUT2D eigenvalue weighted by Crippen LogP contribution is 2.56. The van der Waals surface area contributed by atoms with Gasteiger partial charge in [0, 0.05) is 44.7 Å². The molecule has 0 aromatic heterocycles. The molecule has 0 saturated heterocycles. The fraction of sp³-hybridized carbons (Fsp3) is 0.269. The highest BCUT2D eigenvalue weighted by atomic mass is 35.5. The first-order valence-corrected chi connectivity index (χ1v) is 12.1. The molecular formula is C26H23Cl2N3O4. The molecule has 35 heavy (non-hydrogen) atoms. The van der Waals surface area contributed by atoms with E-state index in [0.29, 0.717) is 45.5 Å². The van der Waals surface area contributed by atoms with Crippen LogP contribution in [0.3, 0.4) is 0 Å². The normalized spacial score (nSPS) is 21.3. The van der Waals surface area contributed by atoms with Gasteiger partial charge in [0.2, 0.25) is 5.91 Å². The van der Waals surface area contributed by atoms with Crippen LogP contribution in [0.2, 0.25) is 10.0 Å². The monoisotopic (exact) mass is 511 g/mol. The maximum absolute atomic E-state index is 13.8. The van der Waals surface area contributed by atoms with Gasteiger partial charge >= 0.3 is 5.97 Å². The number of carbonyl (C=O) groups is 3. The van der Waals surface area contributed by atoms with Gasteiger partial charge in [-0.25, -0.2) is 4.79 Å². The molecule has 0 radical (unpaired) electrons. The van der Waals surface area contributed by atoms with Crippen molar-refractivity contribution < 1.29 is 19.1 Å². The fourth-order valence-corrected chi connectivity index (χ4v) is 5.64. The number of rotatable bonds is 3. The largest absolute Gasteiger partial charge is 0.462 e. The third-order valence-electron chi connectivity index (χ3n) is 6.77. The van der Waals surface area contributed by atoms with Gasteiger partial charge in [0.05, 0.1) is 6.61 Å². The van der Waals surface area contributed by atoms with Crippen LogP contribution in [0.4, 0.5) is 11.4 Å². The summed E-state index contributed by atoms with van der Waals surface area (Å²) in [5, 5.41) is 3.70. The van der Waals surface area contributed by atoms with Gasteiger partial charge in [-0.2, -0.15) is 0 Å². The molecular weight excluding hydrogens is 489 g/mol. The zero-order valence-corrected chi connectivity index (χ0v) is 20.7. The number of aryl methyl sites for hydroxylation is 1. The Balaban J connectivity index is 1.90. The van der Waals surface area contributed by atoms with Gasteiger partial charge in [-0.05, 0) is 62.6 Å². The summed E-state index contributed by atoms with van der Waals surface area (Å²) < 4.78 is 5.40. The molecule has 2 aliphatic heterocycles. The number of amides is 1. The fourth-order valence-electron chi connectivity index (χ4n) is 5.30. The highest BCUT2D eigenvalue weighted by Gasteiger charge is 2.62. The molecule has 2 heterocycles. The van der Waals surface area contributed by atoms with Crippen LogP contribution in [0.1, 0.15) is 37.3 Å². The van der Waals surface area contributed by atoms with Crippen LogP contribution in [0.25, 0.3) is 0 Å². The summed E-state index contributed by atoms with van der Waals surface area (Å²) >= 11 is 12.8. The van der Waals surface area contributed by atoms with Crippen LogP contribution in [0.5, 0.6) is 0 Å². The lowest BCUT2D eigenvalue weighted by molar-refractivity contribution is -0.140. The molecule has 1 aliphatic carbocycles. The smallest absolute Gasteiger partial charge is 0.339 e. The van der Waals surface area contributed by atoms with Gasteiger partial charge in [-0.3, -0.25) is 14.5 Å². The Kier molecular flexibility index (Phi) is 5.65. The van der Waals surface area contributed by atoms with Gasteiger partial charge in [0.25, 0.3) is 0 Å². The minimum absolute atomic E-state index is 0.0137. The zero-order valence-electron chi connectivity index (χ0n) is 19.2. The summed E-state index contributed by atoms with van der Waals surface area (Å²) in [4.78, 5) is 42.7. The number of halogens is 2. The molecule has 0 saturated carbocycles. The first kappa shape index (κ1) is 23.5. The zero-order chi connectivity index (χ0) is 25.1. The van der Waals surface area contributed by atoms with Gasteiger partial charge in [0.1, 0.15) is 16.8 Å². The van der Waals surface area contributed by atoms with Gasteiger partial charge in [-0.15, -0.1) is 0 Å². The summed E-state index contributed by atoms with van der Waals surface area (Å²) in [6.45, 7) is 3.60. The van der Waals surface area contributed by atoms with Crippen molar-refractivity contribution in [1.29, 1.82) is 0 Å². The topological polar surface area (TPSA) is 102 Å². The van der Waals surface area contributed by atoms with E-state index >= 15 is 0 Å². The van der Waals surface area contributed by atoms with Crippen molar-refractivity contribution in [2.75, 3.05) is 16.8 Å². The molecule has 9 heteroatoms. The molecule has 2 aromatic carbocycles. The molecule has 3 aliphatic rings. The number of Topliss-reactive ketones (excluding diaryl/α,β-unsaturated/α-hetero) is 1. The van der Waals surface area contributed by atoms with Crippen molar-refractivity contribution in [3.8, 4) is 0 Å². The van der Waals surface area contributed by atoms with E-state index < -0.39 is 17.3 Å². The molecule has 180 valence electrons. The van der Waals surface area contributed by atoms with Crippen LogP contribution in [-0.2, 0) is 24.5 Å². The van der Waals surface area contributed by atoms with Crippen molar-refractivity contribution in [3.05, 3.63) is 80.2 Å². The van der Waals surface area contributed by atoms with Gasteiger partial charge < -0.3 is 15.8 Å². The van der Waals surface area contributed by atoms with Crippen molar-refractivity contribution >= 4 is 52.2 Å². The van der Waals surface area contributed by atoms with Crippen LogP contribution >= 0.6 is 23.2 Å². The average molecular weight is 512 g/mol. The molecule has 1 atom stereocenters. The third kappa shape index (κ3) is 3.29. The number of hydrogen-bond donors (Lipinski definition) is 2. The van der Waals surface area contributed by atoms with Crippen molar-refractivity contribution in [2.24, 2.45) is 5.73 Å². The van der Waals surface area contributed by atoms with Gasteiger partial charge in [0.15, 0.2) is 5.78 Å². The second-order valence-corrected chi connectivity index (χ2v) is 9.59. The van der Waals surface area contributed by atoms with E-state index in [2.05, 4.69) is 5.32 Å². The van der Waals surface area contributed by atoms with Crippen molar-refractivity contribution in [3.63, 3.8) is 0 Å². The lowest BCUT2D eigenvalue weighted by Crippen LogP contribution is -2.53. The SMILES string of the molecule is CCOC(=O)C1=C(N)N(c2ccc(C)c(Cl)c2)C2=C(C(=O)CCC2)C12C(=O)Nc1ccc(Cl)cc12. The Morgan fingerprint density at radius 2 is 1.94 bits per heavy atom. The average Bonchev–Trinajstić information content (AvgIpc) is 3.08. The lowest BCUT2D eigenvalue weighted by Gasteiger charge is -2.44. The molecule has 0 bridgehead atoms. The molecule has 3 N–H and O–H groups in total. The summed E-state index contributed by atoms with van der Waals surface area (Å²) in [6, 6.07) is 10.3. The van der Waals surface area contributed by atoms with E-state index in [9.17, 15) is 14.4 Å². The number of nitrogens with one attached hydrogen (secondary N) is 1. The van der Waals surface area contributed by atoms with Gasteiger partial charge in [-0.1, -0.05) is 29.3 Å². The Hall–Kier alpha value is -3.29. The predicted molar refractivity (Wildman–Crippen MR) is 134 cm³/mol. The van der Waals surface area contributed by atoms with E-state index in [1.165, 1.54) is 0 Å². The standard InChI is InChI=1S/C26H23Cl2N3O4/c1-3-35-24(33)22-23(29)31(15-9-7-13(2)17(28)12-15)19-5-4-6-20(32)21(19)26(22)16-11-14(27)8-10-18(16)30-25(26)34/h7-12H,3-6,29H2,1-2H3,(H,30,34). The van der Waals surface area contributed by atoms with E-state index in [4.69, 9.17) is 33.7 Å². The summed E-state index contributed by atoms with van der Waals surface area (Å²) in [5.74, 6) is -1.53. The first-order chi connectivity index (χ1) is 16.7. The molecule has 1 spiro atoms. The number of esters is 1. The second kappa shape index (κ2) is 8.43. The molecule has 1 amide bonds. The van der Waals surface area contributed by atoms with Crippen molar-refractivity contribution in [1.82, 2.24) is 0 Å². The second-order valence-electron chi connectivity index (χ2n) is 8.74. The third-order valence-corrected chi connectivity index (χ3v) is 7.41. The number of allylic oxidation sites excluding steroid dienone is 1. The predicted octanol–water partition coefficient (Wildman–Crippen LogP) is 4.75. The number of nitrogens with two attached hydrogens (primary N) is 1. The van der Waals surface area contributed by atoms with E-state index in [1.807, 2.05) is 19.1 Å². The number of ether oxygens (including phenoxy) is 1. The quantitative estimate of drug-likeness (QED) is 0.576. The number of hydrogen-bond acceptors (Lipinski definition) is 6. The van der Waals surface area contributed by atoms with Crippen molar-refractivity contribution in [2.45, 2.75) is 38.5 Å². The number of fused-ring (bicyclic) bond motifs is 3. The summed E-state index contributed by atoms with van der Waals surface area (Å²) in [5.41, 5.74) is 7.97. The number of ketones is 1. The number of nitrogens with zero attached hydrogens (tertiary/aromatic N) is 1. The Labute approximate surface area is 212 Å². The first-order valence-electron chi connectivity index (χ1n) is 11.3. The Morgan fingerprint density at radius 1 is 1.17 bits per heavy atom. The Bertz CT molecular complexity index is 1380. The van der Waals surface area contributed by atoms with Crippen LogP contribution in [0.15, 0.2) is 59.1 Å². The van der Waals surface area contributed by atoms with Crippen LogP contribution < -0.4 is 16.0 Å². The van der Waals surface area contributed by atoms with E-state index in [0.717, 1.165) is 5.56 Å². The lowest BCUT2D eigenvalue weighted by atomic mass is 9.63. The van der Waals surface area contributed by atoms with Crippen LogP contribution in [-0.4, -0.2) is 24.3 Å².